The van der Waals surface area contributed by atoms with E-state index in [0.717, 1.165) is 0 Å². The van der Waals surface area contributed by atoms with Crippen LogP contribution in [0.2, 0.25) is 0 Å². The summed E-state index contributed by atoms with van der Waals surface area (Å²) in [4.78, 5) is 22.8. The number of hydrogen-bond donors (Lipinski definition) is 4. The van der Waals surface area contributed by atoms with E-state index in [1.54, 1.807) is 6.92 Å². The van der Waals surface area contributed by atoms with Crippen molar-refractivity contribution in [3.63, 3.8) is 0 Å². The van der Waals surface area contributed by atoms with Crippen LogP contribution >= 0.6 is 12.6 Å². The van der Waals surface area contributed by atoms with Gasteiger partial charge >= 0.3 is 0 Å². The largest absolute Gasteiger partial charge is 0.357 e. The Morgan fingerprint density at radius 2 is 1.93 bits per heavy atom. The monoisotopic (exact) mass is 233 g/mol. The maximum atomic E-state index is 11.5. The van der Waals surface area contributed by atoms with Crippen molar-refractivity contribution in [3.8, 4) is 0 Å². The molecule has 3 N–H and O–H groups in total. The smallest absolute Gasteiger partial charge is 0.243 e. The first kappa shape index (κ1) is 14.2. The van der Waals surface area contributed by atoms with Crippen LogP contribution in [0.3, 0.4) is 0 Å². The predicted octanol–water partition coefficient (Wildman–Crippen LogP) is -0.855. The predicted molar refractivity (Wildman–Crippen MR) is 63.0 cm³/mol. The van der Waals surface area contributed by atoms with Gasteiger partial charge < -0.3 is 16.0 Å². The van der Waals surface area contributed by atoms with Crippen LogP contribution in [0.15, 0.2) is 0 Å². The summed E-state index contributed by atoms with van der Waals surface area (Å²) < 4.78 is 0. The number of thiol groups is 1. The highest BCUT2D eigenvalue weighted by molar-refractivity contribution is 7.80. The Kier molecular flexibility index (Phi) is 7.15. The second kappa shape index (κ2) is 7.53. The number of rotatable bonds is 6. The molecule has 0 aliphatic carbocycles. The number of amides is 2. The van der Waals surface area contributed by atoms with Crippen LogP contribution in [0.1, 0.15) is 13.8 Å². The molecule has 0 radical (unpaired) electrons. The van der Waals surface area contributed by atoms with Gasteiger partial charge in [0.15, 0.2) is 0 Å². The van der Waals surface area contributed by atoms with Gasteiger partial charge in [0, 0.05) is 12.8 Å². The van der Waals surface area contributed by atoms with Gasteiger partial charge in [-0.05, 0) is 13.5 Å². The summed E-state index contributed by atoms with van der Waals surface area (Å²) >= 11 is 4.01. The fourth-order valence-electron chi connectivity index (χ4n) is 1.06. The Morgan fingerprint density at radius 1 is 1.33 bits per heavy atom. The van der Waals surface area contributed by atoms with E-state index in [9.17, 15) is 9.59 Å². The highest BCUT2D eigenvalue weighted by Crippen LogP contribution is 1.90. The van der Waals surface area contributed by atoms with E-state index >= 15 is 0 Å². The highest BCUT2D eigenvalue weighted by Gasteiger charge is 2.20. The molecule has 0 aliphatic rings. The van der Waals surface area contributed by atoms with E-state index in [0.29, 0.717) is 6.54 Å². The van der Waals surface area contributed by atoms with E-state index in [1.807, 2.05) is 6.92 Å². The molecule has 0 bridgehead atoms. The van der Waals surface area contributed by atoms with Crippen molar-refractivity contribution in [1.29, 1.82) is 0 Å². The first-order valence-corrected chi connectivity index (χ1v) is 5.56. The molecule has 0 unspecified atom stereocenters. The standard InChI is InChI=1S/C9H19N3O2S/c1-4-11-6(2)8(13)12-7(5-15)9(14)10-3/h6-7,11,15H,4-5H2,1-3H3,(H,10,14)(H,12,13)/t6-,7-/m1/s1. The average Bonchev–Trinajstić information content (AvgIpc) is 2.24. The summed E-state index contributed by atoms with van der Waals surface area (Å²) in [7, 11) is 1.53. The Bertz CT molecular complexity index is 223. The molecule has 2 atom stereocenters. The Balaban J connectivity index is 4.17. The first-order chi connectivity index (χ1) is 7.06. The lowest BCUT2D eigenvalue weighted by Crippen LogP contribution is -2.52. The molecular formula is C9H19N3O2S. The minimum Gasteiger partial charge on any atom is -0.357 e. The molecule has 2 amide bonds. The minimum absolute atomic E-state index is 0.195. The molecule has 0 saturated carbocycles. The highest BCUT2D eigenvalue weighted by atomic mass is 32.1. The number of carbonyl (C=O) groups excluding carboxylic acids is 2. The lowest BCUT2D eigenvalue weighted by atomic mass is 10.2. The van der Waals surface area contributed by atoms with Gasteiger partial charge in [0.1, 0.15) is 6.04 Å². The van der Waals surface area contributed by atoms with E-state index in [2.05, 4.69) is 28.6 Å². The minimum atomic E-state index is -0.577. The van der Waals surface area contributed by atoms with Crippen LogP contribution in [0.4, 0.5) is 0 Å². The van der Waals surface area contributed by atoms with Crippen molar-refractivity contribution in [1.82, 2.24) is 16.0 Å². The van der Waals surface area contributed by atoms with Crippen molar-refractivity contribution in [2.75, 3.05) is 19.3 Å². The van der Waals surface area contributed by atoms with Gasteiger partial charge in [-0.3, -0.25) is 9.59 Å². The summed E-state index contributed by atoms with van der Waals surface area (Å²) in [6, 6.07) is -0.881. The molecule has 0 aliphatic heterocycles. The molecule has 0 aromatic heterocycles. The average molecular weight is 233 g/mol. The molecule has 0 saturated heterocycles. The van der Waals surface area contributed by atoms with Crippen LogP contribution in [-0.4, -0.2) is 43.2 Å². The fourth-order valence-corrected chi connectivity index (χ4v) is 1.32. The van der Waals surface area contributed by atoms with Gasteiger partial charge in [-0.2, -0.15) is 12.6 Å². The molecule has 15 heavy (non-hydrogen) atoms. The molecule has 0 spiro atoms. The zero-order chi connectivity index (χ0) is 11.8. The number of nitrogens with one attached hydrogen (secondary N) is 3. The number of likely N-dealkylation sites (N-methyl/N-ethyl adjacent to an activating group) is 2. The quantitative estimate of drug-likeness (QED) is 0.452. The van der Waals surface area contributed by atoms with E-state index in [4.69, 9.17) is 0 Å². The van der Waals surface area contributed by atoms with Crippen LogP contribution in [0, 0.1) is 0 Å². The fraction of sp³-hybridized carbons (Fsp3) is 0.778. The van der Waals surface area contributed by atoms with E-state index < -0.39 is 6.04 Å². The molecule has 0 aromatic carbocycles. The topological polar surface area (TPSA) is 70.2 Å². The van der Waals surface area contributed by atoms with Crippen LogP contribution in [0.25, 0.3) is 0 Å². The third kappa shape index (κ3) is 5.03. The summed E-state index contributed by atoms with van der Waals surface area (Å²) in [5.41, 5.74) is 0. The second-order valence-electron chi connectivity index (χ2n) is 3.14. The molecular weight excluding hydrogens is 214 g/mol. The Hall–Kier alpha value is -0.750. The van der Waals surface area contributed by atoms with E-state index in [1.165, 1.54) is 7.05 Å². The van der Waals surface area contributed by atoms with Crippen LogP contribution < -0.4 is 16.0 Å². The molecule has 88 valence electrons. The van der Waals surface area contributed by atoms with Crippen molar-refractivity contribution >= 4 is 24.4 Å². The molecule has 0 rings (SSSR count). The zero-order valence-corrected chi connectivity index (χ0v) is 10.2. The zero-order valence-electron chi connectivity index (χ0n) is 9.33. The molecule has 0 fully saturated rings. The molecule has 6 heteroatoms. The van der Waals surface area contributed by atoms with Crippen molar-refractivity contribution in [3.05, 3.63) is 0 Å². The molecule has 0 aromatic rings. The van der Waals surface area contributed by atoms with Crippen molar-refractivity contribution in [2.45, 2.75) is 25.9 Å². The van der Waals surface area contributed by atoms with Gasteiger partial charge in [-0.1, -0.05) is 6.92 Å². The van der Waals surface area contributed by atoms with E-state index in [-0.39, 0.29) is 23.6 Å². The van der Waals surface area contributed by atoms with Crippen LogP contribution in [0.5, 0.6) is 0 Å². The van der Waals surface area contributed by atoms with Gasteiger partial charge in [0.05, 0.1) is 6.04 Å². The maximum absolute atomic E-state index is 11.5. The van der Waals surface area contributed by atoms with Crippen molar-refractivity contribution < 1.29 is 9.59 Å². The number of carbonyl (C=O) groups is 2. The summed E-state index contributed by atoms with van der Waals surface area (Å²) in [6.45, 7) is 4.37. The first-order valence-electron chi connectivity index (χ1n) is 4.93. The summed E-state index contributed by atoms with van der Waals surface area (Å²) in [5, 5.41) is 8.04. The lowest BCUT2D eigenvalue weighted by molar-refractivity contribution is -0.129. The van der Waals surface area contributed by atoms with Gasteiger partial charge in [0.25, 0.3) is 0 Å². The molecule has 5 nitrogen and oxygen atoms in total. The molecule has 0 heterocycles. The Labute approximate surface area is 95.8 Å². The Morgan fingerprint density at radius 3 is 2.33 bits per heavy atom. The third-order valence-electron chi connectivity index (χ3n) is 1.97. The van der Waals surface area contributed by atoms with Crippen LogP contribution in [-0.2, 0) is 9.59 Å². The van der Waals surface area contributed by atoms with Gasteiger partial charge in [0.2, 0.25) is 11.8 Å². The maximum Gasteiger partial charge on any atom is 0.243 e. The van der Waals surface area contributed by atoms with Gasteiger partial charge in [-0.25, -0.2) is 0 Å². The van der Waals surface area contributed by atoms with Crippen molar-refractivity contribution in [2.24, 2.45) is 0 Å². The second-order valence-corrected chi connectivity index (χ2v) is 3.50. The normalized spacial score (nSPS) is 14.1. The number of hydrogen-bond acceptors (Lipinski definition) is 4. The summed E-state index contributed by atoms with van der Waals surface area (Å²) in [6.07, 6.45) is 0. The third-order valence-corrected chi connectivity index (χ3v) is 2.33. The summed E-state index contributed by atoms with van der Waals surface area (Å²) in [5.74, 6) is -0.147. The lowest BCUT2D eigenvalue weighted by Gasteiger charge is -2.18. The van der Waals surface area contributed by atoms with Gasteiger partial charge in [-0.15, -0.1) is 0 Å². The SMILES string of the molecule is CCN[C@H](C)C(=O)N[C@H](CS)C(=O)NC.